The van der Waals surface area contributed by atoms with Gasteiger partial charge < -0.3 is 53.6 Å². The van der Waals surface area contributed by atoms with Crippen molar-refractivity contribution in [3.8, 4) is 5.75 Å². The van der Waals surface area contributed by atoms with E-state index in [0.29, 0.717) is 50.8 Å². The summed E-state index contributed by atoms with van der Waals surface area (Å²) in [4.78, 5) is 67.1. The summed E-state index contributed by atoms with van der Waals surface area (Å²) in [5.74, 6) is -3.02. The minimum Gasteiger partial charge on any atom is -0.508 e. The predicted molar refractivity (Wildman–Crippen MR) is 190 cm³/mol. The van der Waals surface area contributed by atoms with Gasteiger partial charge in [-0.1, -0.05) is 44.6 Å². The largest absolute Gasteiger partial charge is 0.508 e. The molecule has 5 atom stereocenters. The number of nitrogens with zero attached hydrogens (tertiary/aromatic N) is 1. The lowest BCUT2D eigenvalue weighted by atomic mass is 10.0. The first-order valence-corrected chi connectivity index (χ1v) is 17.6. The number of unbranched alkanes of at least 4 members (excludes halogenated alkanes) is 2. The van der Waals surface area contributed by atoms with Crippen LogP contribution in [0.2, 0.25) is 0 Å². The van der Waals surface area contributed by atoms with Gasteiger partial charge >= 0.3 is 5.97 Å². The summed E-state index contributed by atoms with van der Waals surface area (Å²) in [6.07, 6.45) is 7.72. The molecule has 2 rings (SSSR count). The van der Waals surface area contributed by atoms with E-state index in [-0.39, 0.29) is 49.9 Å². The van der Waals surface area contributed by atoms with Crippen molar-refractivity contribution in [3.63, 3.8) is 0 Å². The number of carboxylic acids is 1. The van der Waals surface area contributed by atoms with E-state index < -0.39 is 60.4 Å². The highest BCUT2D eigenvalue weighted by Crippen LogP contribution is 2.15. The maximum Gasteiger partial charge on any atom is 0.326 e. The highest BCUT2D eigenvalue weighted by atomic mass is 16.4. The molecule has 280 valence electrons. The number of carbonyl (C=O) groups excluding carboxylic acids is 4. The molecule has 0 aliphatic carbocycles. The topological polar surface area (TPSA) is 255 Å². The molecule has 1 aliphatic heterocycles. The van der Waals surface area contributed by atoms with Crippen molar-refractivity contribution >= 4 is 29.6 Å². The fourth-order valence-corrected chi connectivity index (χ4v) is 5.60. The number of carboxylic acid groups (broad SMARTS) is 1. The molecule has 50 heavy (non-hydrogen) atoms. The third-order valence-electron chi connectivity index (χ3n) is 8.40. The second kappa shape index (κ2) is 22.6. The highest BCUT2D eigenvalue weighted by molar-refractivity contribution is 5.91. The van der Waals surface area contributed by atoms with E-state index in [9.17, 15) is 34.2 Å². The lowest BCUT2D eigenvalue weighted by molar-refractivity contribution is -0.143. The van der Waals surface area contributed by atoms with Crippen molar-refractivity contribution in [2.45, 2.75) is 108 Å². The maximum atomic E-state index is 14.3. The Hall–Kier alpha value is -4.05. The van der Waals surface area contributed by atoms with Crippen LogP contribution in [0.4, 0.5) is 0 Å². The van der Waals surface area contributed by atoms with E-state index in [1.54, 1.807) is 24.3 Å². The van der Waals surface area contributed by atoms with Gasteiger partial charge in [-0.3, -0.25) is 19.2 Å². The molecule has 1 aliphatic rings. The van der Waals surface area contributed by atoms with Gasteiger partial charge in [-0.15, -0.1) is 0 Å². The van der Waals surface area contributed by atoms with Crippen LogP contribution in [0.1, 0.15) is 77.2 Å². The molecule has 0 bridgehead atoms. The number of carbonyl (C=O) groups is 5. The molecular formula is C35H58N8O7. The summed E-state index contributed by atoms with van der Waals surface area (Å²) in [6.45, 7) is 4.42. The van der Waals surface area contributed by atoms with E-state index in [4.69, 9.17) is 17.2 Å². The summed E-state index contributed by atoms with van der Waals surface area (Å²) in [5, 5.41) is 31.2. The molecule has 0 unspecified atom stereocenters. The summed E-state index contributed by atoms with van der Waals surface area (Å²) in [6, 6.07) is 2.07. The number of phenols is 1. The minimum atomic E-state index is -1.17. The third-order valence-corrected chi connectivity index (χ3v) is 8.40. The molecule has 4 amide bonds. The van der Waals surface area contributed by atoms with Crippen LogP contribution < -0.4 is 38.5 Å². The van der Waals surface area contributed by atoms with Gasteiger partial charge in [0.2, 0.25) is 23.6 Å². The Labute approximate surface area is 295 Å². The van der Waals surface area contributed by atoms with Gasteiger partial charge in [0.05, 0.1) is 18.6 Å². The molecule has 0 aromatic heterocycles. The lowest BCUT2D eigenvalue weighted by Gasteiger charge is -2.30. The molecule has 15 nitrogen and oxygen atoms in total. The predicted octanol–water partition coefficient (Wildman–Crippen LogP) is 0.199. The van der Waals surface area contributed by atoms with Crippen LogP contribution in [-0.4, -0.2) is 101 Å². The van der Waals surface area contributed by atoms with E-state index in [1.807, 2.05) is 13.8 Å². The molecule has 0 saturated carbocycles. The number of amides is 4. The Balaban J connectivity index is 2.41. The summed E-state index contributed by atoms with van der Waals surface area (Å²) >= 11 is 0. The standard InChI is InChI=1S/C35H58N8O7/c1-23(2)19-30(35(49)50)41-31(45)22-43(21-24-13-15-26(44)16-14-24)34(48)29-12-4-3-10-27(38)32(46)42-28(11-6-8-18-37)33(47)40-25(20-39-29)9-5-7-17-36/h3-4,13-16,23,25,27-30,39,44H,5-12,17-22,36-38H2,1-2H3,(H,40,47)(H,41,45)(H,42,46)(H,49,50)/b4-3+/t25-,27-,28-,29-,30-/m0/s1. The maximum absolute atomic E-state index is 14.3. The number of aliphatic carboxylic acids is 1. The van der Waals surface area contributed by atoms with Crippen LogP contribution >= 0.6 is 0 Å². The number of aromatic hydroxyl groups is 1. The zero-order valence-corrected chi connectivity index (χ0v) is 29.4. The number of rotatable bonds is 17. The molecule has 1 aromatic carbocycles. The van der Waals surface area contributed by atoms with Crippen molar-refractivity contribution in [1.29, 1.82) is 0 Å². The van der Waals surface area contributed by atoms with Gasteiger partial charge in [0, 0.05) is 19.1 Å². The van der Waals surface area contributed by atoms with Gasteiger partial charge in [-0.25, -0.2) is 4.79 Å². The zero-order chi connectivity index (χ0) is 37.1. The zero-order valence-electron chi connectivity index (χ0n) is 29.4. The van der Waals surface area contributed by atoms with E-state index in [1.165, 1.54) is 17.0 Å². The van der Waals surface area contributed by atoms with Gasteiger partial charge in [-0.05, 0) is 88.1 Å². The Morgan fingerprint density at radius 3 is 2.20 bits per heavy atom. The highest BCUT2D eigenvalue weighted by Gasteiger charge is 2.30. The van der Waals surface area contributed by atoms with Crippen LogP contribution in [0.5, 0.6) is 5.75 Å². The van der Waals surface area contributed by atoms with Crippen molar-refractivity contribution in [2.75, 3.05) is 26.2 Å². The molecule has 1 heterocycles. The monoisotopic (exact) mass is 702 g/mol. The number of benzene rings is 1. The second-order valence-corrected chi connectivity index (χ2v) is 13.3. The van der Waals surface area contributed by atoms with E-state index in [2.05, 4.69) is 21.3 Å². The van der Waals surface area contributed by atoms with Crippen LogP contribution in [0.15, 0.2) is 36.4 Å². The van der Waals surface area contributed by atoms with Crippen molar-refractivity contribution in [1.82, 2.24) is 26.2 Å². The number of hydrogen-bond acceptors (Lipinski definition) is 10. The Morgan fingerprint density at radius 2 is 1.58 bits per heavy atom. The SMILES string of the molecule is CC(C)C[C@H](NC(=O)CN(Cc1ccc(O)cc1)C(=O)[C@@H]1C/C=C/C[C@H](N)C(=O)N[C@@H](CCCCN)C(=O)N[C@@H](CCCCN)CN1)C(=O)O. The number of hydrogen-bond donors (Lipinski definition) is 9. The van der Waals surface area contributed by atoms with Gasteiger partial charge in [-0.2, -0.15) is 0 Å². The van der Waals surface area contributed by atoms with Crippen LogP contribution in [0.3, 0.4) is 0 Å². The molecular weight excluding hydrogens is 644 g/mol. The first-order chi connectivity index (χ1) is 23.8. The lowest BCUT2D eigenvalue weighted by Crippen LogP contribution is -2.56. The average Bonchev–Trinajstić information content (AvgIpc) is 3.06. The summed E-state index contributed by atoms with van der Waals surface area (Å²) in [7, 11) is 0. The van der Waals surface area contributed by atoms with Gasteiger partial charge in [0.15, 0.2) is 0 Å². The average molecular weight is 703 g/mol. The molecule has 0 radical (unpaired) electrons. The fourth-order valence-electron chi connectivity index (χ4n) is 5.60. The fraction of sp³-hybridized carbons (Fsp3) is 0.629. The van der Waals surface area contributed by atoms with E-state index >= 15 is 0 Å². The van der Waals surface area contributed by atoms with Crippen molar-refractivity contribution in [3.05, 3.63) is 42.0 Å². The van der Waals surface area contributed by atoms with Crippen molar-refractivity contribution in [2.24, 2.45) is 23.1 Å². The third kappa shape index (κ3) is 15.7. The molecule has 1 aromatic rings. The van der Waals surface area contributed by atoms with Crippen LogP contribution in [-0.2, 0) is 30.5 Å². The number of nitrogens with two attached hydrogens (primary N) is 3. The van der Waals surface area contributed by atoms with Crippen molar-refractivity contribution < 1.29 is 34.2 Å². The first kappa shape index (κ1) is 42.1. The van der Waals surface area contributed by atoms with E-state index in [0.717, 1.165) is 6.42 Å². The van der Waals surface area contributed by atoms with Crippen LogP contribution in [0, 0.1) is 5.92 Å². The molecule has 15 heteroatoms. The molecule has 0 fully saturated rings. The number of nitrogens with one attached hydrogen (secondary N) is 4. The van der Waals surface area contributed by atoms with Gasteiger partial charge in [0.1, 0.15) is 17.8 Å². The minimum absolute atomic E-state index is 0.00252. The normalized spacial score (nSPS) is 21.7. The Bertz CT molecular complexity index is 1260. The Kier molecular flexibility index (Phi) is 19.1. The summed E-state index contributed by atoms with van der Waals surface area (Å²) < 4.78 is 0. The quantitative estimate of drug-likeness (QED) is 0.0783. The van der Waals surface area contributed by atoms with Gasteiger partial charge in [0.25, 0.3) is 0 Å². The molecule has 0 saturated heterocycles. The second-order valence-electron chi connectivity index (χ2n) is 13.3. The first-order valence-electron chi connectivity index (χ1n) is 17.6. The Morgan fingerprint density at radius 1 is 0.940 bits per heavy atom. The summed E-state index contributed by atoms with van der Waals surface area (Å²) in [5.41, 5.74) is 18.2. The van der Waals surface area contributed by atoms with Crippen LogP contribution in [0.25, 0.3) is 0 Å². The number of phenolic OH excluding ortho intramolecular Hbond substituents is 1. The smallest absolute Gasteiger partial charge is 0.326 e. The molecule has 0 spiro atoms. The molecule has 12 N–H and O–H groups in total.